The van der Waals surface area contributed by atoms with Gasteiger partial charge in [0.05, 0.1) is 24.0 Å². The molecule has 0 unspecified atom stereocenters. The molecule has 160 valence electrons. The molecule has 2 aromatic heterocycles. The van der Waals surface area contributed by atoms with Crippen molar-refractivity contribution in [1.29, 1.82) is 0 Å². The normalized spacial score (nSPS) is 14.3. The zero-order chi connectivity index (χ0) is 21.8. The summed E-state index contributed by atoms with van der Waals surface area (Å²) < 4.78 is 6.97. The number of carbonyl (C=O) groups excluding carboxylic acids is 2. The van der Waals surface area contributed by atoms with Crippen LogP contribution in [0.15, 0.2) is 61.1 Å². The van der Waals surface area contributed by atoms with E-state index in [1.165, 1.54) is 0 Å². The second-order valence-corrected chi connectivity index (χ2v) is 7.79. The number of anilines is 1. The standard InChI is InChI=1S/C23H23ClN4O3/c1-31-21-7-6-17(14-19(21)24)26-22(29)16-8-12-27(13-9-16)23(30)20-5-3-11-28(20)18-4-2-10-25-15-18/h2-7,10-11,14-16H,8-9,12-13H2,1H3,(H,26,29). The number of piperidine rings is 1. The lowest BCUT2D eigenvalue weighted by molar-refractivity contribution is -0.121. The molecule has 0 spiro atoms. The number of likely N-dealkylation sites (tertiary alicyclic amines) is 1. The molecule has 0 saturated carbocycles. The lowest BCUT2D eigenvalue weighted by Gasteiger charge is -2.31. The van der Waals surface area contributed by atoms with Gasteiger partial charge in [0.25, 0.3) is 5.91 Å². The van der Waals surface area contributed by atoms with Crippen LogP contribution >= 0.6 is 11.6 Å². The highest BCUT2D eigenvalue weighted by Crippen LogP contribution is 2.28. The molecule has 1 saturated heterocycles. The van der Waals surface area contributed by atoms with Crippen LogP contribution in [0.25, 0.3) is 5.69 Å². The van der Waals surface area contributed by atoms with Gasteiger partial charge in [-0.2, -0.15) is 0 Å². The quantitative estimate of drug-likeness (QED) is 0.652. The first kappa shape index (κ1) is 20.9. The monoisotopic (exact) mass is 438 g/mol. The Labute approximate surface area is 185 Å². The average Bonchev–Trinajstić information content (AvgIpc) is 3.29. The van der Waals surface area contributed by atoms with E-state index in [-0.39, 0.29) is 17.7 Å². The van der Waals surface area contributed by atoms with Gasteiger partial charge in [0.15, 0.2) is 0 Å². The van der Waals surface area contributed by atoms with Crippen molar-refractivity contribution < 1.29 is 14.3 Å². The van der Waals surface area contributed by atoms with Crippen LogP contribution in [0.1, 0.15) is 23.3 Å². The first-order chi connectivity index (χ1) is 15.1. The van der Waals surface area contributed by atoms with E-state index < -0.39 is 0 Å². The Morgan fingerprint density at radius 1 is 1.16 bits per heavy atom. The van der Waals surface area contributed by atoms with Crippen molar-refractivity contribution in [2.45, 2.75) is 12.8 Å². The highest BCUT2D eigenvalue weighted by atomic mass is 35.5. The highest BCUT2D eigenvalue weighted by Gasteiger charge is 2.29. The summed E-state index contributed by atoms with van der Waals surface area (Å²) in [6, 6.07) is 12.5. The second kappa shape index (κ2) is 9.22. The van der Waals surface area contributed by atoms with Gasteiger partial charge in [-0.05, 0) is 55.3 Å². The molecule has 1 fully saturated rings. The number of pyridine rings is 1. The van der Waals surface area contributed by atoms with E-state index in [9.17, 15) is 9.59 Å². The summed E-state index contributed by atoms with van der Waals surface area (Å²) in [6.07, 6.45) is 6.48. The van der Waals surface area contributed by atoms with E-state index in [0.717, 1.165) is 5.69 Å². The molecule has 3 heterocycles. The van der Waals surface area contributed by atoms with Gasteiger partial charge in [0.2, 0.25) is 5.91 Å². The molecule has 3 aromatic rings. The number of hydrogen-bond donors (Lipinski definition) is 1. The number of ether oxygens (including phenoxy) is 1. The molecular weight excluding hydrogens is 416 g/mol. The number of nitrogens with zero attached hydrogens (tertiary/aromatic N) is 3. The van der Waals surface area contributed by atoms with Gasteiger partial charge in [-0.15, -0.1) is 0 Å². The van der Waals surface area contributed by atoms with Crippen LogP contribution in [0, 0.1) is 5.92 Å². The zero-order valence-electron chi connectivity index (χ0n) is 17.1. The lowest BCUT2D eigenvalue weighted by Crippen LogP contribution is -2.42. The number of benzene rings is 1. The molecule has 0 radical (unpaired) electrons. The fourth-order valence-corrected chi connectivity index (χ4v) is 4.03. The number of methoxy groups -OCH3 is 1. The smallest absolute Gasteiger partial charge is 0.270 e. The molecule has 4 rings (SSSR count). The van der Waals surface area contributed by atoms with Crippen molar-refractivity contribution in [1.82, 2.24) is 14.5 Å². The molecule has 7 nitrogen and oxygen atoms in total. The largest absolute Gasteiger partial charge is 0.495 e. The molecule has 1 aliphatic heterocycles. The van der Waals surface area contributed by atoms with Crippen molar-refractivity contribution >= 4 is 29.1 Å². The average molecular weight is 439 g/mol. The Kier molecular flexibility index (Phi) is 6.23. The van der Waals surface area contributed by atoms with Crippen molar-refractivity contribution in [2.24, 2.45) is 5.92 Å². The van der Waals surface area contributed by atoms with E-state index >= 15 is 0 Å². The highest BCUT2D eigenvalue weighted by molar-refractivity contribution is 6.32. The van der Waals surface area contributed by atoms with E-state index in [1.54, 1.807) is 42.6 Å². The lowest BCUT2D eigenvalue weighted by atomic mass is 9.95. The first-order valence-corrected chi connectivity index (χ1v) is 10.5. The number of aromatic nitrogens is 2. The zero-order valence-corrected chi connectivity index (χ0v) is 17.9. The van der Waals surface area contributed by atoms with Crippen molar-refractivity contribution in [2.75, 3.05) is 25.5 Å². The molecule has 0 aliphatic carbocycles. The topological polar surface area (TPSA) is 76.5 Å². The molecule has 1 N–H and O–H groups in total. The van der Waals surface area contributed by atoms with Crippen LogP contribution < -0.4 is 10.1 Å². The molecule has 31 heavy (non-hydrogen) atoms. The van der Waals surface area contributed by atoms with Gasteiger partial charge < -0.3 is 19.5 Å². The van der Waals surface area contributed by atoms with Crippen LogP contribution in [0.3, 0.4) is 0 Å². The maximum absolute atomic E-state index is 13.1. The predicted molar refractivity (Wildman–Crippen MR) is 119 cm³/mol. The fraction of sp³-hybridized carbons (Fsp3) is 0.261. The van der Waals surface area contributed by atoms with Gasteiger partial charge in [-0.25, -0.2) is 0 Å². The summed E-state index contributed by atoms with van der Waals surface area (Å²) in [5.74, 6) is 0.291. The summed E-state index contributed by atoms with van der Waals surface area (Å²) in [4.78, 5) is 31.7. The van der Waals surface area contributed by atoms with E-state index in [2.05, 4.69) is 10.3 Å². The summed E-state index contributed by atoms with van der Waals surface area (Å²) >= 11 is 6.13. The SMILES string of the molecule is COc1ccc(NC(=O)C2CCN(C(=O)c3cccn3-c3cccnc3)CC2)cc1Cl. The van der Waals surface area contributed by atoms with Gasteiger partial charge in [0.1, 0.15) is 11.4 Å². The number of rotatable bonds is 5. The van der Waals surface area contributed by atoms with Gasteiger partial charge in [-0.3, -0.25) is 14.6 Å². The van der Waals surface area contributed by atoms with Crippen molar-refractivity contribution in [3.63, 3.8) is 0 Å². The van der Waals surface area contributed by atoms with Gasteiger partial charge in [0, 0.05) is 37.1 Å². The number of halogens is 1. The molecule has 1 aromatic carbocycles. The number of amides is 2. The molecule has 0 bridgehead atoms. The third-order valence-electron chi connectivity index (χ3n) is 5.46. The number of nitrogens with one attached hydrogen (secondary N) is 1. The first-order valence-electron chi connectivity index (χ1n) is 10.1. The minimum atomic E-state index is -0.157. The van der Waals surface area contributed by atoms with Crippen LogP contribution in [0.5, 0.6) is 5.75 Å². The molecule has 1 aliphatic rings. The summed E-state index contributed by atoms with van der Waals surface area (Å²) in [6.45, 7) is 1.05. The Hall–Kier alpha value is -3.32. The van der Waals surface area contributed by atoms with Crippen LogP contribution in [0.2, 0.25) is 5.02 Å². The molecule has 8 heteroatoms. The Morgan fingerprint density at radius 2 is 1.97 bits per heavy atom. The Bertz CT molecular complexity index is 1080. The van der Waals surface area contributed by atoms with Crippen LogP contribution in [-0.2, 0) is 4.79 Å². The number of carbonyl (C=O) groups is 2. The van der Waals surface area contributed by atoms with E-state index in [4.69, 9.17) is 16.3 Å². The third kappa shape index (κ3) is 4.56. The molecule has 0 atom stereocenters. The van der Waals surface area contributed by atoms with E-state index in [1.807, 2.05) is 35.0 Å². The maximum atomic E-state index is 13.1. The summed E-state index contributed by atoms with van der Waals surface area (Å²) in [5, 5.41) is 3.35. The second-order valence-electron chi connectivity index (χ2n) is 7.38. The predicted octanol–water partition coefficient (Wildman–Crippen LogP) is 4.03. The third-order valence-corrected chi connectivity index (χ3v) is 5.76. The minimum Gasteiger partial charge on any atom is -0.495 e. The van der Waals surface area contributed by atoms with E-state index in [0.29, 0.717) is 48.1 Å². The molecular formula is C23H23ClN4O3. The maximum Gasteiger partial charge on any atom is 0.270 e. The molecule has 2 amide bonds. The van der Waals surface area contributed by atoms with Gasteiger partial charge in [-0.1, -0.05) is 11.6 Å². The fourth-order valence-electron chi connectivity index (χ4n) is 3.77. The van der Waals surface area contributed by atoms with Crippen LogP contribution in [0.4, 0.5) is 5.69 Å². The Balaban J connectivity index is 1.37. The van der Waals surface area contributed by atoms with Crippen LogP contribution in [-0.4, -0.2) is 46.5 Å². The summed E-state index contributed by atoms with van der Waals surface area (Å²) in [7, 11) is 1.54. The van der Waals surface area contributed by atoms with Gasteiger partial charge >= 0.3 is 0 Å². The minimum absolute atomic E-state index is 0.0466. The van der Waals surface area contributed by atoms with Crippen molar-refractivity contribution in [3.8, 4) is 11.4 Å². The Morgan fingerprint density at radius 3 is 2.65 bits per heavy atom. The summed E-state index contributed by atoms with van der Waals surface area (Å²) in [5.41, 5.74) is 2.05. The van der Waals surface area contributed by atoms with Crippen molar-refractivity contribution in [3.05, 3.63) is 71.8 Å². The number of hydrogen-bond acceptors (Lipinski definition) is 4.